The normalized spacial score (nSPS) is 10.5. The Morgan fingerprint density at radius 1 is 1.11 bits per heavy atom. The quantitative estimate of drug-likeness (QED) is 0.496. The number of aliphatic carboxylic acids is 2. The standard InChI is InChI=1S/C17H25NO2S.C2H2O4/c1-4-18(5-2)8-10-20-9-6-14-12-15-7-11-21-17(15)13-16(14)19-3;3-1(4)2(5)6/h7,11-13H,4-6,8-10H2,1-3H3;(H,3,4)(H,5,6). The first kappa shape index (κ1) is 22.9. The van der Waals surface area contributed by atoms with E-state index < -0.39 is 11.9 Å². The molecule has 0 fully saturated rings. The van der Waals surface area contributed by atoms with E-state index in [0.29, 0.717) is 0 Å². The van der Waals surface area contributed by atoms with Crippen LogP contribution in [0.4, 0.5) is 0 Å². The van der Waals surface area contributed by atoms with Gasteiger partial charge in [0.2, 0.25) is 0 Å². The van der Waals surface area contributed by atoms with Crippen LogP contribution in [-0.4, -0.2) is 67.0 Å². The zero-order chi connectivity index (χ0) is 20.2. The van der Waals surface area contributed by atoms with Crippen LogP contribution in [0.2, 0.25) is 0 Å². The van der Waals surface area contributed by atoms with E-state index >= 15 is 0 Å². The summed E-state index contributed by atoms with van der Waals surface area (Å²) in [5.41, 5.74) is 1.23. The smallest absolute Gasteiger partial charge is 0.414 e. The molecule has 8 heteroatoms. The number of likely N-dealkylation sites (N-methyl/N-ethyl adjacent to an activating group) is 1. The second kappa shape index (κ2) is 12.3. The Kier molecular flexibility index (Phi) is 10.4. The molecule has 0 amide bonds. The summed E-state index contributed by atoms with van der Waals surface area (Å²) in [6, 6.07) is 6.51. The molecular weight excluding hydrogens is 370 g/mol. The number of benzene rings is 1. The van der Waals surface area contributed by atoms with Crippen LogP contribution in [0.1, 0.15) is 19.4 Å². The van der Waals surface area contributed by atoms with Gasteiger partial charge in [-0.05, 0) is 54.0 Å². The minimum atomic E-state index is -1.82. The van der Waals surface area contributed by atoms with E-state index in [1.165, 1.54) is 15.6 Å². The molecule has 0 saturated carbocycles. The van der Waals surface area contributed by atoms with Crippen molar-refractivity contribution < 1.29 is 29.3 Å². The zero-order valence-corrected chi connectivity index (χ0v) is 16.8. The molecular formula is C19H27NO6S. The van der Waals surface area contributed by atoms with E-state index in [1.807, 2.05) is 0 Å². The number of carboxylic acid groups (broad SMARTS) is 2. The number of hydrogen-bond acceptors (Lipinski definition) is 6. The molecule has 150 valence electrons. The van der Waals surface area contributed by atoms with Crippen LogP contribution >= 0.6 is 11.3 Å². The predicted molar refractivity (Wildman–Crippen MR) is 106 cm³/mol. The van der Waals surface area contributed by atoms with Crippen LogP contribution in [0.15, 0.2) is 23.6 Å². The third kappa shape index (κ3) is 7.94. The Balaban J connectivity index is 0.000000527. The van der Waals surface area contributed by atoms with E-state index in [0.717, 1.165) is 45.0 Å². The van der Waals surface area contributed by atoms with E-state index in [-0.39, 0.29) is 0 Å². The second-order valence-corrected chi connectivity index (χ2v) is 6.57. The van der Waals surface area contributed by atoms with Gasteiger partial charge in [-0.25, -0.2) is 9.59 Å². The van der Waals surface area contributed by atoms with Gasteiger partial charge in [0, 0.05) is 11.2 Å². The molecule has 7 nitrogen and oxygen atoms in total. The van der Waals surface area contributed by atoms with Gasteiger partial charge in [0.25, 0.3) is 0 Å². The molecule has 2 aromatic rings. The average molecular weight is 397 g/mol. The fraction of sp³-hybridized carbons (Fsp3) is 0.474. The van der Waals surface area contributed by atoms with Crippen LogP contribution in [0.25, 0.3) is 10.1 Å². The Hall–Kier alpha value is -2.16. The third-order valence-corrected chi connectivity index (χ3v) is 4.88. The van der Waals surface area contributed by atoms with Gasteiger partial charge >= 0.3 is 11.9 Å². The average Bonchev–Trinajstić information content (AvgIpc) is 3.11. The molecule has 2 N–H and O–H groups in total. The Bertz CT molecular complexity index is 714. The number of hydrogen-bond donors (Lipinski definition) is 2. The van der Waals surface area contributed by atoms with Crippen LogP contribution in [0.5, 0.6) is 5.75 Å². The molecule has 2 rings (SSSR count). The number of ether oxygens (including phenoxy) is 2. The van der Waals surface area contributed by atoms with Gasteiger partial charge in [-0.1, -0.05) is 13.8 Å². The van der Waals surface area contributed by atoms with Gasteiger partial charge in [0.1, 0.15) is 5.75 Å². The van der Waals surface area contributed by atoms with Crippen molar-refractivity contribution in [1.29, 1.82) is 0 Å². The molecule has 1 aromatic heterocycles. The summed E-state index contributed by atoms with van der Waals surface area (Å²) < 4.78 is 12.5. The first-order chi connectivity index (χ1) is 12.9. The summed E-state index contributed by atoms with van der Waals surface area (Å²) in [5.74, 6) is -2.68. The first-order valence-electron chi connectivity index (χ1n) is 8.73. The maximum Gasteiger partial charge on any atom is 0.414 e. The van der Waals surface area contributed by atoms with Crippen LogP contribution < -0.4 is 4.74 Å². The minimum absolute atomic E-state index is 0.743. The van der Waals surface area contributed by atoms with Gasteiger partial charge in [-0.15, -0.1) is 11.3 Å². The molecule has 0 unspecified atom stereocenters. The van der Waals surface area contributed by atoms with Gasteiger partial charge in [0.15, 0.2) is 0 Å². The highest BCUT2D eigenvalue weighted by molar-refractivity contribution is 7.17. The number of rotatable bonds is 9. The van der Waals surface area contributed by atoms with Crippen molar-refractivity contribution in [2.24, 2.45) is 0 Å². The van der Waals surface area contributed by atoms with Crippen LogP contribution in [-0.2, 0) is 20.7 Å². The lowest BCUT2D eigenvalue weighted by Gasteiger charge is -2.17. The number of methoxy groups -OCH3 is 1. The topological polar surface area (TPSA) is 96.3 Å². The van der Waals surface area contributed by atoms with Crippen LogP contribution in [0.3, 0.4) is 0 Å². The number of nitrogens with zero attached hydrogens (tertiary/aromatic N) is 1. The fourth-order valence-corrected chi connectivity index (χ4v) is 3.24. The third-order valence-electron chi connectivity index (χ3n) is 4.00. The molecule has 1 heterocycles. The molecule has 0 bridgehead atoms. The monoisotopic (exact) mass is 397 g/mol. The molecule has 0 aliphatic heterocycles. The molecule has 0 saturated heterocycles. The van der Waals surface area contributed by atoms with E-state index in [2.05, 4.69) is 42.3 Å². The van der Waals surface area contributed by atoms with Crippen LogP contribution in [0, 0.1) is 0 Å². The summed E-state index contributed by atoms with van der Waals surface area (Å²) in [7, 11) is 1.74. The molecule has 27 heavy (non-hydrogen) atoms. The Morgan fingerprint density at radius 3 is 2.33 bits per heavy atom. The number of carboxylic acids is 2. The SMILES string of the molecule is CCN(CC)CCOCCc1cc2ccsc2cc1OC.O=C(O)C(=O)O. The van der Waals surface area contributed by atoms with E-state index in [1.54, 1.807) is 18.4 Å². The first-order valence-corrected chi connectivity index (χ1v) is 9.61. The lowest BCUT2D eigenvalue weighted by atomic mass is 10.1. The summed E-state index contributed by atoms with van der Waals surface area (Å²) in [4.78, 5) is 20.6. The lowest BCUT2D eigenvalue weighted by molar-refractivity contribution is -0.159. The number of fused-ring (bicyclic) bond motifs is 1. The van der Waals surface area contributed by atoms with Crippen molar-refractivity contribution in [2.45, 2.75) is 20.3 Å². The van der Waals surface area contributed by atoms with Crippen molar-refractivity contribution in [3.8, 4) is 5.75 Å². The highest BCUT2D eigenvalue weighted by Gasteiger charge is 2.07. The molecule has 0 atom stereocenters. The lowest BCUT2D eigenvalue weighted by Crippen LogP contribution is -2.27. The largest absolute Gasteiger partial charge is 0.496 e. The maximum absolute atomic E-state index is 9.10. The summed E-state index contributed by atoms with van der Waals surface area (Å²) >= 11 is 1.75. The molecule has 0 aliphatic carbocycles. The van der Waals surface area contributed by atoms with Gasteiger partial charge < -0.3 is 24.6 Å². The molecule has 0 spiro atoms. The number of thiophene rings is 1. The van der Waals surface area contributed by atoms with Crippen molar-refractivity contribution in [3.05, 3.63) is 29.1 Å². The predicted octanol–water partition coefficient (Wildman–Crippen LogP) is 2.97. The van der Waals surface area contributed by atoms with Gasteiger partial charge in [-0.3, -0.25) is 0 Å². The van der Waals surface area contributed by atoms with Gasteiger partial charge in [-0.2, -0.15) is 0 Å². The zero-order valence-electron chi connectivity index (χ0n) is 15.9. The summed E-state index contributed by atoms with van der Waals surface area (Å²) in [6.07, 6.45) is 0.896. The summed E-state index contributed by atoms with van der Waals surface area (Å²) in [5, 5.41) is 18.2. The Labute approximate surface area is 163 Å². The maximum atomic E-state index is 9.10. The number of carbonyl (C=O) groups is 2. The van der Waals surface area contributed by atoms with E-state index in [4.69, 9.17) is 29.3 Å². The van der Waals surface area contributed by atoms with E-state index in [9.17, 15) is 0 Å². The second-order valence-electron chi connectivity index (χ2n) is 5.62. The Morgan fingerprint density at radius 2 is 1.78 bits per heavy atom. The summed E-state index contributed by atoms with van der Waals surface area (Å²) in [6.45, 7) is 9.09. The van der Waals surface area contributed by atoms with Crippen molar-refractivity contribution in [2.75, 3.05) is 40.0 Å². The molecule has 1 aromatic carbocycles. The van der Waals surface area contributed by atoms with Crippen molar-refractivity contribution >= 4 is 33.4 Å². The molecule has 0 radical (unpaired) electrons. The van der Waals surface area contributed by atoms with Crippen molar-refractivity contribution in [1.82, 2.24) is 4.90 Å². The van der Waals surface area contributed by atoms with Crippen molar-refractivity contribution in [3.63, 3.8) is 0 Å². The molecule has 0 aliphatic rings. The van der Waals surface area contributed by atoms with Gasteiger partial charge in [0.05, 0.1) is 20.3 Å². The highest BCUT2D eigenvalue weighted by atomic mass is 32.1. The minimum Gasteiger partial charge on any atom is -0.496 e. The fourth-order valence-electron chi connectivity index (χ4n) is 2.44. The highest BCUT2D eigenvalue weighted by Crippen LogP contribution is 2.29.